The van der Waals surface area contributed by atoms with Crippen molar-refractivity contribution < 1.29 is 77.5 Å². The maximum Gasteiger partial charge on any atom is 3.00 e. The van der Waals surface area contributed by atoms with Gasteiger partial charge in [-0.25, -0.2) is 0 Å². The second kappa shape index (κ2) is 49.3. The van der Waals surface area contributed by atoms with E-state index in [1.807, 2.05) is 96.9 Å². The van der Waals surface area contributed by atoms with Gasteiger partial charge in [-0.2, -0.15) is 55.7 Å². The zero-order chi connectivity index (χ0) is 84.7. The first-order chi connectivity index (χ1) is 56.2. The first-order valence-corrected chi connectivity index (χ1v) is 51.8. The van der Waals surface area contributed by atoms with E-state index in [1.165, 1.54) is 146 Å². The van der Waals surface area contributed by atoms with Crippen LogP contribution in [0.4, 0.5) is 17.1 Å². The van der Waals surface area contributed by atoms with Crippen LogP contribution < -0.4 is 35.4 Å². The van der Waals surface area contributed by atoms with Gasteiger partial charge in [0.15, 0.2) is 0 Å². The summed E-state index contributed by atoms with van der Waals surface area (Å²) in [4.78, 5) is 31.7. The van der Waals surface area contributed by atoms with Crippen molar-refractivity contribution in [1.82, 2.24) is 14.7 Å². The third-order valence-corrected chi connectivity index (χ3v) is 40.1. The minimum absolute atomic E-state index is 0. The molecule has 3 heterocycles. The Hall–Kier alpha value is -4.99. The van der Waals surface area contributed by atoms with Crippen molar-refractivity contribution in [2.45, 2.75) is 198 Å². The number of para-hydroxylation sites is 3. The summed E-state index contributed by atoms with van der Waals surface area (Å²) in [6, 6.07) is 67.8. The fraction of sp³-hybridized carbons (Fsp3) is 0.450. The van der Waals surface area contributed by atoms with Crippen molar-refractivity contribution in [3.05, 3.63) is 341 Å². The Morgan fingerprint density at radius 1 is 0.306 bits per heavy atom. The normalized spacial score (nSPS) is 23.4. The maximum absolute atomic E-state index is 5.94. The Bertz CT molecular complexity index is 4260. The smallest absolute Gasteiger partial charge is 0.660 e. The minimum atomic E-state index is -2.48. The molecule has 3 saturated carbocycles. The molecule has 0 amide bonds. The molecular formula is C109H156N9Sc3Si3. The number of anilines is 3. The van der Waals surface area contributed by atoms with E-state index in [0.717, 1.165) is 40.1 Å². The monoisotopic (exact) mass is 1810 g/mol. The van der Waals surface area contributed by atoms with Gasteiger partial charge in [-0.05, 0) is 200 Å². The van der Waals surface area contributed by atoms with Gasteiger partial charge < -0.3 is 51.9 Å². The van der Waals surface area contributed by atoms with Crippen molar-refractivity contribution in [2.75, 3.05) is 96.3 Å². The largest absolute Gasteiger partial charge is 3.00 e. The van der Waals surface area contributed by atoms with Gasteiger partial charge >= 0.3 is 77.5 Å². The van der Waals surface area contributed by atoms with Gasteiger partial charge in [0.1, 0.15) is 0 Å². The second-order valence-electron chi connectivity index (χ2n) is 39.3. The van der Waals surface area contributed by atoms with Crippen molar-refractivity contribution in [1.29, 1.82) is 0 Å². The number of allylic oxidation sites excluding steroid dienone is 9. The van der Waals surface area contributed by atoms with Gasteiger partial charge in [-0.1, -0.05) is 357 Å². The standard InChI is InChI=1S/C31H41N2Si.C29H37N2Si.C19H33N2Si.3C9H12N.3CH3.3Sc/c1-23-12-16-25(17-13-23)34(32-31(3,4)5,26-18-14-24(2)15-19-26)30-22-29(33-20-8-9-21-33)27-10-6-7-11-28(27)30;1-29(2,3)30-32(23-14-6-4-7-15-23,24-16-8-5-9-17-24)28-22-27(31-20-12-13-21-31)25-18-10-11-19-26(25)28;1-19(2,3)20-22(4,5)18-14-17(21-12-8-9-13-21)15-10-6-7-11-16(15)18;3*1-8-6-4-5-7-9(8)10(2)3;;;;;;/h6-7,10-19,27-30H,8-9,20-22H2,1-5H3;4-11,14-19,25-28H,12-13,20-22H2,1-3H3;6-7,10-11,15-18H,8-9,12-14H2,1-5H3;3*4-7H,1H2,2-3H3;3*1H3;;;/q9*-1;3*+3. The third kappa shape index (κ3) is 27.8. The van der Waals surface area contributed by atoms with Crippen molar-refractivity contribution in [3.63, 3.8) is 0 Å². The molecule has 3 aliphatic heterocycles. The van der Waals surface area contributed by atoms with Gasteiger partial charge in [0, 0.05) is 34.6 Å². The Morgan fingerprint density at radius 3 is 0.774 bits per heavy atom. The maximum atomic E-state index is 5.94. The number of likely N-dealkylation sites (tertiary alicyclic amines) is 3. The van der Waals surface area contributed by atoms with Crippen LogP contribution in [-0.2, 0) is 77.5 Å². The SMILES string of the molecule is CC(C)(C)[N-][Si](C)(C)C1CC(N2CCCC2)C2C=CC=CC21.CC(C)(C)[N-][Si](c1ccccc1)(c1ccccc1)C1CC(N2CCCC2)C2C=CC=CC21.Cc1ccc([Si]([N-]C(C)(C)C)(c2ccc(C)cc2)C2CC(N3CCCC3)C3C=CC=CC32)cc1.[CH2-]c1ccccc1N(C)C.[CH2-]c1ccccc1N(C)C.[CH2-]c1ccccc1N(C)C.[CH3-].[CH3-].[CH3-].[Sc+3].[Sc+3].[Sc+3]. The van der Waals surface area contributed by atoms with E-state index in [1.54, 1.807) is 0 Å². The number of nitrogens with zero attached hydrogens (tertiary/aromatic N) is 9. The number of rotatable bonds is 16. The second-order valence-corrected chi connectivity index (χ2v) is 50.9. The van der Waals surface area contributed by atoms with Crippen LogP contribution >= 0.6 is 0 Å². The molecule has 12 unspecified atom stereocenters. The first-order valence-electron chi connectivity index (χ1n) is 44.7. The molecule has 6 fully saturated rings. The molecule has 0 radical (unpaired) electrons. The molecule has 7 aromatic rings. The molecule has 7 aromatic carbocycles. The molecule has 0 aromatic heterocycles. The van der Waals surface area contributed by atoms with Crippen LogP contribution in [0.1, 0.15) is 148 Å². The molecule has 16 rings (SSSR count). The summed E-state index contributed by atoms with van der Waals surface area (Å²) in [5.74, 6) is 3.78. The zero-order valence-corrected chi connectivity index (χ0v) is 89.1. The zero-order valence-electron chi connectivity index (χ0n) is 80.7. The molecule has 3 saturated heterocycles. The van der Waals surface area contributed by atoms with Crippen LogP contribution in [0.5, 0.6) is 0 Å². The average Bonchev–Trinajstić information content (AvgIpc) is 1.57. The number of aryl methyl sites for hydroxylation is 2. The Kier molecular flexibility index (Phi) is 43.6. The third-order valence-electron chi connectivity index (χ3n) is 26.2. The molecule has 12 atom stereocenters. The summed E-state index contributed by atoms with van der Waals surface area (Å²) >= 11 is 0. The van der Waals surface area contributed by atoms with Crippen LogP contribution in [0.3, 0.4) is 0 Å². The molecule has 0 N–H and O–H groups in total. The number of benzene rings is 7. The van der Waals surface area contributed by atoms with Crippen LogP contribution in [0.25, 0.3) is 14.9 Å². The summed E-state index contributed by atoms with van der Waals surface area (Å²) in [5.41, 5.74) is 11.2. The molecule has 6 aliphatic carbocycles. The summed E-state index contributed by atoms with van der Waals surface area (Å²) in [6.07, 6.45) is 40.9. The molecule has 9 nitrogen and oxygen atoms in total. The summed E-state index contributed by atoms with van der Waals surface area (Å²) in [6.45, 7) is 49.4. The van der Waals surface area contributed by atoms with E-state index in [4.69, 9.17) is 14.9 Å². The van der Waals surface area contributed by atoms with E-state index in [0.29, 0.717) is 46.8 Å². The van der Waals surface area contributed by atoms with Crippen LogP contribution in [0, 0.1) is 92.4 Å². The molecule has 0 bridgehead atoms. The predicted molar refractivity (Wildman–Crippen MR) is 542 cm³/mol. The number of hydrogen-bond donors (Lipinski definition) is 0. The van der Waals surface area contributed by atoms with E-state index in [2.05, 4.69) is 340 Å². The molecule has 658 valence electrons. The van der Waals surface area contributed by atoms with Crippen molar-refractivity contribution in [2.24, 2.45) is 35.5 Å². The number of hydrogen-bond acceptors (Lipinski definition) is 6. The summed E-state index contributed by atoms with van der Waals surface area (Å²) in [5, 5.41) is 5.89. The average molecular weight is 1810 g/mol. The topological polar surface area (TPSA) is 61.7 Å². The number of fused-ring (bicyclic) bond motifs is 3. The fourth-order valence-corrected chi connectivity index (χ4v) is 36.6. The van der Waals surface area contributed by atoms with Crippen LogP contribution in [-0.4, -0.2) is 156 Å². The van der Waals surface area contributed by atoms with Crippen molar-refractivity contribution >= 4 is 62.5 Å². The Morgan fingerprint density at radius 2 is 0.532 bits per heavy atom. The van der Waals surface area contributed by atoms with E-state index < -0.39 is 24.7 Å². The van der Waals surface area contributed by atoms with Gasteiger partial charge in [-0.15, -0.1) is 34.8 Å². The molecular weight excluding hydrogens is 1650 g/mol. The van der Waals surface area contributed by atoms with Gasteiger partial charge in [0.2, 0.25) is 0 Å². The van der Waals surface area contributed by atoms with E-state index >= 15 is 0 Å². The van der Waals surface area contributed by atoms with Gasteiger partial charge in [0.25, 0.3) is 0 Å². The van der Waals surface area contributed by atoms with Crippen molar-refractivity contribution in [3.8, 4) is 0 Å². The first kappa shape index (κ1) is 110. The van der Waals surface area contributed by atoms with Gasteiger partial charge in [0.05, 0.1) is 0 Å². The molecule has 9 aliphatic rings. The fourth-order valence-electron chi connectivity index (χ4n) is 21.5. The molecule has 124 heavy (non-hydrogen) atoms. The Labute approximate surface area is 817 Å². The summed E-state index contributed by atoms with van der Waals surface area (Å²) in [7, 11) is 5.59. The molecule has 0 spiro atoms. The van der Waals surface area contributed by atoms with Gasteiger partial charge in [-0.3, -0.25) is 14.7 Å². The van der Waals surface area contributed by atoms with Crippen LogP contribution in [0.15, 0.2) is 255 Å². The van der Waals surface area contributed by atoms with E-state index in [-0.39, 0.29) is 116 Å². The van der Waals surface area contributed by atoms with Crippen LogP contribution in [0.2, 0.25) is 29.7 Å². The quantitative estimate of drug-likeness (QED) is 0.0710. The predicted octanol–water partition coefficient (Wildman–Crippen LogP) is 23.8. The van der Waals surface area contributed by atoms with E-state index in [9.17, 15) is 0 Å². The minimum Gasteiger partial charge on any atom is -0.660 e. The Balaban J connectivity index is 0.000000280. The molecule has 15 heteroatoms. The summed E-state index contributed by atoms with van der Waals surface area (Å²) < 4.78 is 0.